The molecular weight excluding hydrogens is 264 g/mol. The number of nitrogens with zero attached hydrogens (tertiary/aromatic N) is 4. The van der Waals surface area contributed by atoms with Crippen molar-refractivity contribution in [2.75, 3.05) is 0 Å². The monoisotopic (exact) mass is 288 g/mol. The van der Waals surface area contributed by atoms with Crippen LogP contribution in [0.25, 0.3) is 0 Å². The highest BCUT2D eigenvalue weighted by molar-refractivity contribution is 5.23. The zero-order valence-corrected chi connectivity index (χ0v) is 13.3. The highest BCUT2D eigenvalue weighted by Gasteiger charge is 2.23. The van der Waals surface area contributed by atoms with Crippen LogP contribution in [0.3, 0.4) is 0 Å². The summed E-state index contributed by atoms with van der Waals surface area (Å²) in [4.78, 5) is 4.45. The number of hydrogen-bond acceptors (Lipinski definition) is 4. The van der Waals surface area contributed by atoms with Crippen molar-refractivity contribution in [3.8, 4) is 0 Å². The Labute approximate surface area is 125 Å². The minimum atomic E-state index is 0.0935. The number of H-pyrrole nitrogens is 1. The molecule has 0 saturated carbocycles. The fourth-order valence-corrected chi connectivity index (χ4v) is 2.95. The first-order chi connectivity index (χ1) is 9.93. The second-order valence-corrected chi connectivity index (χ2v) is 6.89. The summed E-state index contributed by atoms with van der Waals surface area (Å²) in [7, 11) is 0. The average molecular weight is 288 g/mol. The van der Waals surface area contributed by atoms with E-state index in [0.717, 1.165) is 37.6 Å². The number of hydrogen-bond donors (Lipinski definition) is 2. The summed E-state index contributed by atoms with van der Waals surface area (Å²) < 4.78 is 2.04. The van der Waals surface area contributed by atoms with Crippen LogP contribution in [-0.2, 0) is 24.9 Å². The van der Waals surface area contributed by atoms with Crippen LogP contribution in [0, 0.1) is 6.92 Å². The number of aryl methyl sites for hydroxylation is 2. The Kier molecular flexibility index (Phi) is 3.57. The third kappa shape index (κ3) is 3.00. The molecule has 3 rings (SSSR count). The van der Waals surface area contributed by atoms with Gasteiger partial charge in [-0.05, 0) is 13.3 Å². The van der Waals surface area contributed by atoms with Crippen LogP contribution in [0.4, 0.5) is 0 Å². The van der Waals surface area contributed by atoms with Gasteiger partial charge >= 0.3 is 0 Å². The molecule has 21 heavy (non-hydrogen) atoms. The van der Waals surface area contributed by atoms with Crippen LogP contribution in [0.2, 0.25) is 0 Å². The van der Waals surface area contributed by atoms with E-state index in [0.29, 0.717) is 6.04 Å². The van der Waals surface area contributed by atoms with E-state index in [2.05, 4.69) is 46.4 Å². The maximum Gasteiger partial charge on any atom is 0.147 e. The van der Waals surface area contributed by atoms with E-state index >= 15 is 0 Å². The quantitative estimate of drug-likeness (QED) is 0.902. The third-order valence-corrected chi connectivity index (χ3v) is 4.01. The van der Waals surface area contributed by atoms with Gasteiger partial charge in [0.25, 0.3) is 0 Å². The van der Waals surface area contributed by atoms with Crippen LogP contribution in [0.5, 0.6) is 0 Å². The van der Waals surface area contributed by atoms with Gasteiger partial charge in [0, 0.05) is 35.7 Å². The maximum absolute atomic E-state index is 4.45. The lowest BCUT2D eigenvalue weighted by Gasteiger charge is -2.24. The Balaban J connectivity index is 1.63. The molecular formula is C15H24N6. The van der Waals surface area contributed by atoms with Gasteiger partial charge in [-0.2, -0.15) is 10.2 Å². The van der Waals surface area contributed by atoms with Crippen LogP contribution in [-0.4, -0.2) is 31.0 Å². The molecule has 0 aromatic carbocycles. The number of rotatable bonds is 3. The Morgan fingerprint density at radius 3 is 3.00 bits per heavy atom. The third-order valence-electron chi connectivity index (χ3n) is 4.01. The van der Waals surface area contributed by atoms with E-state index in [1.54, 1.807) is 0 Å². The highest BCUT2D eigenvalue weighted by Crippen LogP contribution is 2.23. The summed E-state index contributed by atoms with van der Waals surface area (Å²) in [5.74, 6) is 1.99. The van der Waals surface area contributed by atoms with Crippen molar-refractivity contribution in [2.24, 2.45) is 0 Å². The van der Waals surface area contributed by atoms with Gasteiger partial charge in [-0.3, -0.25) is 5.10 Å². The van der Waals surface area contributed by atoms with E-state index < -0.39 is 0 Å². The molecule has 0 unspecified atom stereocenters. The standard InChI is InChI=1S/C15H24N6/c1-10-18-13-6-5-12(9-21(13)20-10)16-7-11-8-17-19-14(11)15(2,3)4/h8,12,16H,5-7,9H2,1-4H3,(H,17,19)/t12-/m1/s1. The Morgan fingerprint density at radius 1 is 1.43 bits per heavy atom. The molecule has 0 radical (unpaired) electrons. The van der Waals surface area contributed by atoms with Crippen molar-refractivity contribution in [1.29, 1.82) is 0 Å². The van der Waals surface area contributed by atoms with Crippen LogP contribution in [0.1, 0.15) is 50.1 Å². The van der Waals surface area contributed by atoms with Crippen molar-refractivity contribution in [3.63, 3.8) is 0 Å². The van der Waals surface area contributed by atoms with Crippen LogP contribution >= 0.6 is 0 Å². The van der Waals surface area contributed by atoms with E-state index in [1.807, 2.05) is 17.8 Å². The van der Waals surface area contributed by atoms with E-state index in [-0.39, 0.29) is 5.41 Å². The molecule has 0 fully saturated rings. The predicted molar refractivity (Wildman–Crippen MR) is 81.0 cm³/mol. The molecule has 1 aliphatic heterocycles. The minimum Gasteiger partial charge on any atom is -0.308 e. The molecule has 0 amide bonds. The van der Waals surface area contributed by atoms with Gasteiger partial charge in [-0.1, -0.05) is 20.8 Å². The van der Waals surface area contributed by atoms with Gasteiger partial charge < -0.3 is 5.32 Å². The van der Waals surface area contributed by atoms with Crippen molar-refractivity contribution >= 4 is 0 Å². The number of aromatic nitrogens is 5. The summed E-state index contributed by atoms with van der Waals surface area (Å²) in [6.07, 6.45) is 4.04. The molecule has 0 aliphatic carbocycles. The van der Waals surface area contributed by atoms with E-state index in [9.17, 15) is 0 Å². The summed E-state index contributed by atoms with van der Waals surface area (Å²) in [6, 6.07) is 0.446. The summed E-state index contributed by atoms with van der Waals surface area (Å²) >= 11 is 0. The van der Waals surface area contributed by atoms with Gasteiger partial charge in [0.1, 0.15) is 11.6 Å². The second-order valence-electron chi connectivity index (χ2n) is 6.89. The van der Waals surface area contributed by atoms with Crippen molar-refractivity contribution < 1.29 is 0 Å². The molecule has 0 saturated heterocycles. The normalized spacial score (nSPS) is 18.8. The molecule has 1 atom stereocenters. The smallest absolute Gasteiger partial charge is 0.147 e. The van der Waals surface area contributed by atoms with E-state index in [4.69, 9.17) is 0 Å². The highest BCUT2D eigenvalue weighted by atomic mass is 15.4. The fourth-order valence-electron chi connectivity index (χ4n) is 2.95. The molecule has 2 N–H and O–H groups in total. The van der Waals surface area contributed by atoms with Crippen molar-refractivity contribution in [1.82, 2.24) is 30.3 Å². The fraction of sp³-hybridized carbons (Fsp3) is 0.667. The van der Waals surface area contributed by atoms with Crippen molar-refractivity contribution in [2.45, 2.75) is 65.1 Å². The van der Waals surface area contributed by atoms with Crippen LogP contribution < -0.4 is 5.32 Å². The zero-order valence-electron chi connectivity index (χ0n) is 13.3. The Morgan fingerprint density at radius 2 is 2.24 bits per heavy atom. The number of aromatic amines is 1. The molecule has 2 aromatic rings. The van der Waals surface area contributed by atoms with Gasteiger partial charge in [-0.15, -0.1) is 0 Å². The Hall–Kier alpha value is -1.69. The zero-order chi connectivity index (χ0) is 15.0. The first kappa shape index (κ1) is 14.3. The lowest BCUT2D eigenvalue weighted by atomic mass is 9.89. The SMILES string of the molecule is Cc1nc2n(n1)C[C@H](NCc1cn[nH]c1C(C)(C)C)CC2. The lowest BCUT2D eigenvalue weighted by Crippen LogP contribution is -2.37. The molecule has 0 bridgehead atoms. The molecule has 6 heteroatoms. The number of nitrogens with one attached hydrogen (secondary N) is 2. The van der Waals surface area contributed by atoms with Gasteiger partial charge in [0.15, 0.2) is 0 Å². The van der Waals surface area contributed by atoms with Gasteiger partial charge in [0.05, 0.1) is 12.7 Å². The number of fused-ring (bicyclic) bond motifs is 1. The first-order valence-electron chi connectivity index (χ1n) is 7.60. The molecule has 6 nitrogen and oxygen atoms in total. The second kappa shape index (κ2) is 5.26. The Bertz CT molecular complexity index is 618. The lowest BCUT2D eigenvalue weighted by molar-refractivity contribution is 0.356. The summed E-state index contributed by atoms with van der Waals surface area (Å²) in [5.41, 5.74) is 2.56. The topological polar surface area (TPSA) is 71.4 Å². The molecule has 114 valence electrons. The molecule has 1 aliphatic rings. The molecule has 0 spiro atoms. The maximum atomic E-state index is 4.45. The molecule has 3 heterocycles. The first-order valence-corrected chi connectivity index (χ1v) is 7.60. The summed E-state index contributed by atoms with van der Waals surface area (Å²) in [5, 5.41) is 15.4. The average Bonchev–Trinajstić information content (AvgIpc) is 2.99. The van der Waals surface area contributed by atoms with Crippen LogP contribution in [0.15, 0.2) is 6.20 Å². The summed E-state index contributed by atoms with van der Waals surface area (Å²) in [6.45, 7) is 10.3. The van der Waals surface area contributed by atoms with Crippen molar-refractivity contribution in [3.05, 3.63) is 29.1 Å². The minimum absolute atomic E-state index is 0.0935. The van der Waals surface area contributed by atoms with Gasteiger partial charge in [-0.25, -0.2) is 9.67 Å². The van der Waals surface area contributed by atoms with E-state index in [1.165, 1.54) is 11.3 Å². The predicted octanol–water partition coefficient (Wildman–Crippen LogP) is 1.71. The largest absolute Gasteiger partial charge is 0.308 e. The molecule has 2 aromatic heterocycles. The van der Waals surface area contributed by atoms with Gasteiger partial charge in [0.2, 0.25) is 0 Å².